The maximum atomic E-state index is 12.6. The van der Waals surface area contributed by atoms with E-state index in [2.05, 4.69) is 28.0 Å². The Labute approximate surface area is 169 Å². The monoisotopic (exact) mass is 407 g/mol. The van der Waals surface area contributed by atoms with Crippen LogP contribution in [-0.4, -0.2) is 24.8 Å². The van der Waals surface area contributed by atoms with E-state index in [1.807, 2.05) is 31.2 Å². The highest BCUT2D eigenvalue weighted by Gasteiger charge is 2.15. The molecule has 4 rings (SSSR count). The van der Waals surface area contributed by atoms with Crippen LogP contribution in [0.1, 0.15) is 12.5 Å². The van der Waals surface area contributed by atoms with Crippen molar-refractivity contribution in [1.29, 1.82) is 0 Å². The predicted molar refractivity (Wildman–Crippen MR) is 114 cm³/mol. The van der Waals surface area contributed by atoms with Gasteiger partial charge >= 0.3 is 0 Å². The van der Waals surface area contributed by atoms with Crippen molar-refractivity contribution in [3.8, 4) is 5.75 Å². The van der Waals surface area contributed by atoms with E-state index in [1.54, 1.807) is 23.0 Å². The maximum Gasteiger partial charge on any atom is 0.261 e. The number of rotatable bonds is 7. The molecule has 0 fully saturated rings. The lowest BCUT2D eigenvalue weighted by Crippen LogP contribution is -2.12. The third-order valence-corrected chi connectivity index (χ3v) is 5.94. The Hall–Kier alpha value is -3.32. The molecule has 1 N–H and O–H groups in total. The van der Waals surface area contributed by atoms with Crippen LogP contribution in [0.15, 0.2) is 84.0 Å². The van der Waals surface area contributed by atoms with Crippen LogP contribution in [0.4, 0.5) is 5.69 Å². The van der Waals surface area contributed by atoms with Crippen molar-refractivity contribution in [2.75, 3.05) is 11.3 Å². The van der Waals surface area contributed by atoms with Crippen molar-refractivity contribution < 1.29 is 13.2 Å². The van der Waals surface area contributed by atoms with Crippen LogP contribution in [0.3, 0.4) is 0 Å². The van der Waals surface area contributed by atoms with Crippen molar-refractivity contribution in [2.24, 2.45) is 0 Å². The summed E-state index contributed by atoms with van der Waals surface area (Å²) in [4.78, 5) is 0.169. The van der Waals surface area contributed by atoms with Crippen LogP contribution in [0, 0.1) is 0 Å². The molecular formula is C22H21N3O3S. The number of fused-ring (bicyclic) bond motifs is 1. The van der Waals surface area contributed by atoms with Crippen molar-refractivity contribution in [2.45, 2.75) is 18.4 Å². The first-order chi connectivity index (χ1) is 14.0. The fraction of sp³-hybridized carbons (Fsp3) is 0.136. The predicted octanol–water partition coefficient (Wildman–Crippen LogP) is 4.28. The fourth-order valence-electron chi connectivity index (χ4n) is 3.20. The van der Waals surface area contributed by atoms with Gasteiger partial charge in [-0.05, 0) is 47.5 Å². The van der Waals surface area contributed by atoms with E-state index < -0.39 is 10.0 Å². The molecule has 0 bridgehead atoms. The molecule has 1 aromatic heterocycles. The average Bonchev–Trinajstić information content (AvgIpc) is 3.15. The first-order valence-electron chi connectivity index (χ1n) is 9.30. The van der Waals surface area contributed by atoms with Gasteiger partial charge in [-0.25, -0.2) is 8.42 Å². The van der Waals surface area contributed by atoms with E-state index in [1.165, 1.54) is 18.3 Å². The molecule has 0 spiro atoms. The highest BCUT2D eigenvalue weighted by atomic mass is 32.2. The Balaban J connectivity index is 1.51. The smallest absolute Gasteiger partial charge is 0.261 e. The van der Waals surface area contributed by atoms with Crippen LogP contribution in [0.5, 0.6) is 5.75 Å². The van der Waals surface area contributed by atoms with Gasteiger partial charge in [0.05, 0.1) is 29.9 Å². The van der Waals surface area contributed by atoms with Gasteiger partial charge in [0.25, 0.3) is 10.0 Å². The molecule has 29 heavy (non-hydrogen) atoms. The second-order valence-corrected chi connectivity index (χ2v) is 8.26. The first-order valence-corrected chi connectivity index (χ1v) is 10.8. The van der Waals surface area contributed by atoms with Gasteiger partial charge in [0.1, 0.15) is 5.75 Å². The molecule has 4 aromatic rings. The minimum atomic E-state index is -3.70. The number of benzene rings is 3. The third-order valence-electron chi connectivity index (χ3n) is 4.54. The second kappa shape index (κ2) is 7.97. The quantitative estimate of drug-likeness (QED) is 0.496. The van der Waals surface area contributed by atoms with E-state index in [0.29, 0.717) is 24.6 Å². The van der Waals surface area contributed by atoms with Crippen LogP contribution in [-0.2, 0) is 16.6 Å². The van der Waals surface area contributed by atoms with Crippen molar-refractivity contribution in [1.82, 2.24) is 9.78 Å². The molecule has 0 aliphatic carbocycles. The van der Waals surface area contributed by atoms with Crippen molar-refractivity contribution in [3.05, 3.63) is 84.7 Å². The third kappa shape index (κ3) is 4.25. The first kappa shape index (κ1) is 19.0. The summed E-state index contributed by atoms with van der Waals surface area (Å²) in [7, 11) is -3.70. The fourth-order valence-corrected chi connectivity index (χ4v) is 4.23. The Morgan fingerprint density at radius 1 is 1.00 bits per heavy atom. The largest absolute Gasteiger partial charge is 0.494 e. The summed E-state index contributed by atoms with van der Waals surface area (Å²) in [5.41, 5.74) is 1.53. The summed E-state index contributed by atoms with van der Waals surface area (Å²) in [6, 6.07) is 20.6. The molecule has 0 saturated heterocycles. The minimum absolute atomic E-state index is 0.169. The van der Waals surface area contributed by atoms with Gasteiger partial charge in [-0.15, -0.1) is 0 Å². The lowest BCUT2D eigenvalue weighted by atomic mass is 10.0. The van der Waals surface area contributed by atoms with Gasteiger partial charge in [0.15, 0.2) is 0 Å². The molecule has 1 heterocycles. The van der Waals surface area contributed by atoms with Crippen LogP contribution < -0.4 is 9.46 Å². The Kier molecular flexibility index (Phi) is 5.22. The van der Waals surface area contributed by atoms with Crippen molar-refractivity contribution >= 4 is 26.5 Å². The summed E-state index contributed by atoms with van der Waals surface area (Å²) in [5.74, 6) is 0.634. The molecule has 0 aliphatic rings. The molecule has 0 unspecified atom stereocenters. The summed E-state index contributed by atoms with van der Waals surface area (Å²) in [6.07, 6.45) is 3.20. The number of nitrogens with zero attached hydrogens (tertiary/aromatic N) is 2. The average molecular weight is 407 g/mol. The zero-order valence-corrected chi connectivity index (χ0v) is 16.8. The summed E-state index contributed by atoms with van der Waals surface area (Å²) < 4.78 is 34.9. The highest BCUT2D eigenvalue weighted by molar-refractivity contribution is 7.92. The minimum Gasteiger partial charge on any atom is -0.494 e. The number of aromatic nitrogens is 2. The van der Waals surface area contributed by atoms with Gasteiger partial charge in [-0.1, -0.05) is 42.5 Å². The van der Waals surface area contributed by atoms with Crippen LogP contribution in [0.25, 0.3) is 10.8 Å². The van der Waals surface area contributed by atoms with Gasteiger partial charge < -0.3 is 4.74 Å². The SMILES string of the molecule is CCOc1ccc(S(=O)(=O)Nc2cnn(Cc3cccc4ccccc34)c2)cc1. The Morgan fingerprint density at radius 3 is 2.55 bits per heavy atom. The summed E-state index contributed by atoms with van der Waals surface area (Å²) in [6.45, 7) is 2.95. The number of nitrogens with one attached hydrogen (secondary N) is 1. The molecule has 0 radical (unpaired) electrons. The van der Waals surface area contributed by atoms with E-state index in [4.69, 9.17) is 4.74 Å². The van der Waals surface area contributed by atoms with E-state index in [9.17, 15) is 8.42 Å². The molecule has 6 nitrogen and oxygen atoms in total. The van der Waals surface area contributed by atoms with Gasteiger partial charge in [0.2, 0.25) is 0 Å². The normalized spacial score (nSPS) is 11.5. The van der Waals surface area contributed by atoms with Crippen LogP contribution >= 0.6 is 0 Å². The van der Waals surface area contributed by atoms with Crippen LogP contribution in [0.2, 0.25) is 0 Å². The molecule has 3 aromatic carbocycles. The lowest BCUT2D eigenvalue weighted by Gasteiger charge is -2.08. The summed E-state index contributed by atoms with van der Waals surface area (Å²) >= 11 is 0. The molecule has 0 aliphatic heterocycles. The topological polar surface area (TPSA) is 73.2 Å². The molecule has 0 atom stereocenters. The van der Waals surface area contributed by atoms with E-state index >= 15 is 0 Å². The summed E-state index contributed by atoms with van der Waals surface area (Å²) in [5, 5.41) is 6.62. The molecule has 7 heteroatoms. The van der Waals surface area contributed by atoms with E-state index in [-0.39, 0.29) is 4.90 Å². The number of hydrogen-bond donors (Lipinski definition) is 1. The Morgan fingerprint density at radius 2 is 1.76 bits per heavy atom. The number of hydrogen-bond acceptors (Lipinski definition) is 4. The van der Waals surface area contributed by atoms with Crippen molar-refractivity contribution in [3.63, 3.8) is 0 Å². The highest BCUT2D eigenvalue weighted by Crippen LogP contribution is 2.21. The number of anilines is 1. The molecular weight excluding hydrogens is 386 g/mol. The standard InChI is InChI=1S/C22H21N3O3S/c1-2-28-20-10-12-21(13-11-20)29(26,27)24-19-14-23-25(16-19)15-18-8-5-7-17-6-3-4-9-22(17)18/h3-14,16,24H,2,15H2,1H3. The van der Waals surface area contributed by atoms with E-state index in [0.717, 1.165) is 16.3 Å². The Bertz CT molecular complexity index is 1230. The van der Waals surface area contributed by atoms with Gasteiger partial charge in [0, 0.05) is 6.20 Å². The maximum absolute atomic E-state index is 12.6. The molecule has 0 amide bonds. The number of sulfonamides is 1. The molecule has 0 saturated carbocycles. The lowest BCUT2D eigenvalue weighted by molar-refractivity contribution is 0.340. The molecule has 148 valence electrons. The second-order valence-electron chi connectivity index (χ2n) is 6.57. The number of ether oxygens (including phenoxy) is 1. The zero-order valence-electron chi connectivity index (χ0n) is 15.9. The van der Waals surface area contributed by atoms with Gasteiger partial charge in [-0.3, -0.25) is 9.40 Å². The van der Waals surface area contributed by atoms with Gasteiger partial charge in [-0.2, -0.15) is 5.10 Å². The zero-order chi connectivity index (χ0) is 20.3.